The van der Waals surface area contributed by atoms with E-state index in [-0.39, 0.29) is 11.2 Å². The summed E-state index contributed by atoms with van der Waals surface area (Å²) < 4.78 is 5.40. The molecule has 9 heteroatoms. The van der Waals surface area contributed by atoms with Crippen molar-refractivity contribution in [3.63, 3.8) is 0 Å². The Morgan fingerprint density at radius 3 is 2.34 bits per heavy atom. The van der Waals surface area contributed by atoms with E-state index in [1.165, 1.54) is 11.6 Å². The van der Waals surface area contributed by atoms with Crippen molar-refractivity contribution in [3.05, 3.63) is 55.1 Å². The van der Waals surface area contributed by atoms with Crippen LogP contribution in [0.2, 0.25) is 0 Å². The molecule has 2 heterocycles. The topological polar surface area (TPSA) is 77.1 Å². The number of fused-ring (bicyclic) bond motifs is 1. The highest BCUT2D eigenvalue weighted by atomic mass is 79.9. The molecule has 1 aromatic carbocycles. The molecule has 0 spiro atoms. The number of imidazole rings is 1. The van der Waals surface area contributed by atoms with Crippen molar-refractivity contribution in [2.75, 3.05) is 31.5 Å². The number of aryl methyl sites for hydroxylation is 1. The zero-order valence-corrected chi connectivity index (χ0v) is 18.9. The van der Waals surface area contributed by atoms with Crippen LogP contribution >= 0.6 is 15.9 Å². The highest BCUT2D eigenvalue weighted by Crippen LogP contribution is 2.19. The van der Waals surface area contributed by atoms with Gasteiger partial charge in [0.1, 0.15) is 0 Å². The smallest absolute Gasteiger partial charge is 0.332 e. The average Bonchev–Trinajstić information content (AvgIpc) is 3.08. The van der Waals surface area contributed by atoms with Crippen LogP contribution in [0.4, 0.5) is 5.95 Å². The Balaban J connectivity index is 2.07. The highest BCUT2D eigenvalue weighted by molar-refractivity contribution is 9.10. The standard InChI is InChI=1S/C20H27BrN6O2/c1-5-26(6-2)12-11-22-19-23-17-16(18(28)25(4)20(29)24(17)3)27(19)13-14-7-9-15(21)10-8-14/h7-10H,5-6,11-13H2,1-4H3,(H,22,23). The first-order valence-corrected chi connectivity index (χ1v) is 10.5. The van der Waals surface area contributed by atoms with Crippen LogP contribution in [0, 0.1) is 0 Å². The lowest BCUT2D eigenvalue weighted by Gasteiger charge is -2.18. The molecule has 8 nitrogen and oxygen atoms in total. The molecule has 0 unspecified atom stereocenters. The van der Waals surface area contributed by atoms with Crippen LogP contribution in [-0.2, 0) is 20.6 Å². The van der Waals surface area contributed by atoms with E-state index in [1.807, 2.05) is 28.8 Å². The van der Waals surface area contributed by atoms with Crippen molar-refractivity contribution < 1.29 is 0 Å². The van der Waals surface area contributed by atoms with Crippen LogP contribution in [0.3, 0.4) is 0 Å². The molecule has 0 saturated carbocycles. The summed E-state index contributed by atoms with van der Waals surface area (Å²) in [5, 5.41) is 3.36. The minimum Gasteiger partial charge on any atom is -0.354 e. The Labute approximate surface area is 177 Å². The van der Waals surface area contributed by atoms with Crippen LogP contribution in [0.5, 0.6) is 0 Å². The van der Waals surface area contributed by atoms with E-state index in [0.717, 1.165) is 34.2 Å². The molecular formula is C20H27BrN6O2. The molecule has 156 valence electrons. The summed E-state index contributed by atoms with van der Waals surface area (Å²) in [4.78, 5) is 32.2. The first-order valence-electron chi connectivity index (χ1n) is 9.74. The number of hydrogen-bond acceptors (Lipinski definition) is 5. The Morgan fingerprint density at radius 2 is 1.72 bits per heavy atom. The lowest BCUT2D eigenvalue weighted by atomic mass is 10.2. The maximum absolute atomic E-state index is 12.9. The molecule has 29 heavy (non-hydrogen) atoms. The zero-order chi connectivity index (χ0) is 21.1. The second-order valence-electron chi connectivity index (χ2n) is 6.98. The van der Waals surface area contributed by atoms with Crippen molar-refractivity contribution >= 4 is 33.0 Å². The third-order valence-electron chi connectivity index (χ3n) is 5.21. The third kappa shape index (κ3) is 4.30. The molecule has 0 aliphatic heterocycles. The molecule has 0 atom stereocenters. The van der Waals surface area contributed by atoms with Gasteiger partial charge in [-0.1, -0.05) is 41.9 Å². The monoisotopic (exact) mass is 462 g/mol. The molecule has 3 aromatic rings. The number of likely N-dealkylation sites (N-methyl/N-ethyl adjacent to an activating group) is 1. The number of aromatic nitrogens is 4. The van der Waals surface area contributed by atoms with Gasteiger partial charge in [0, 0.05) is 31.7 Å². The number of halogens is 1. The first kappa shape index (κ1) is 21.3. The van der Waals surface area contributed by atoms with Gasteiger partial charge in [-0.3, -0.25) is 18.5 Å². The summed E-state index contributed by atoms with van der Waals surface area (Å²) in [7, 11) is 3.13. The molecule has 0 radical (unpaired) electrons. The van der Waals surface area contributed by atoms with Crippen molar-refractivity contribution in [1.29, 1.82) is 0 Å². The van der Waals surface area contributed by atoms with Crippen molar-refractivity contribution in [3.8, 4) is 0 Å². The predicted octanol–water partition coefficient (Wildman–Crippen LogP) is 2.00. The average molecular weight is 463 g/mol. The van der Waals surface area contributed by atoms with Gasteiger partial charge in [0.2, 0.25) is 5.95 Å². The fraction of sp³-hybridized carbons (Fsp3) is 0.450. The van der Waals surface area contributed by atoms with Crippen LogP contribution in [0.25, 0.3) is 11.2 Å². The number of rotatable bonds is 8. The van der Waals surface area contributed by atoms with Crippen molar-refractivity contribution in [1.82, 2.24) is 23.6 Å². The number of nitrogens with zero attached hydrogens (tertiary/aromatic N) is 5. The van der Waals surface area contributed by atoms with Gasteiger partial charge in [0.15, 0.2) is 11.2 Å². The maximum Gasteiger partial charge on any atom is 0.332 e. The maximum atomic E-state index is 12.9. The van der Waals surface area contributed by atoms with Gasteiger partial charge in [-0.2, -0.15) is 4.98 Å². The van der Waals surface area contributed by atoms with Gasteiger partial charge in [0.25, 0.3) is 5.56 Å². The summed E-state index contributed by atoms with van der Waals surface area (Å²) in [5.41, 5.74) is 1.12. The molecule has 1 N–H and O–H groups in total. The Morgan fingerprint density at radius 1 is 1.07 bits per heavy atom. The van der Waals surface area contributed by atoms with Gasteiger partial charge in [0.05, 0.1) is 6.54 Å². The molecule has 0 saturated heterocycles. The number of hydrogen-bond donors (Lipinski definition) is 1. The molecule has 0 fully saturated rings. The minimum absolute atomic E-state index is 0.343. The molecule has 0 aliphatic rings. The van der Waals surface area contributed by atoms with Gasteiger partial charge < -0.3 is 10.2 Å². The third-order valence-corrected chi connectivity index (χ3v) is 5.74. The molecule has 3 rings (SSSR count). The van der Waals surface area contributed by atoms with Crippen LogP contribution in [0.15, 0.2) is 38.3 Å². The quantitative estimate of drug-likeness (QED) is 0.553. The summed E-state index contributed by atoms with van der Waals surface area (Å²) in [6, 6.07) is 7.94. The van der Waals surface area contributed by atoms with E-state index in [2.05, 4.69) is 45.0 Å². The predicted molar refractivity (Wildman–Crippen MR) is 120 cm³/mol. The van der Waals surface area contributed by atoms with Crippen molar-refractivity contribution in [2.24, 2.45) is 14.1 Å². The van der Waals surface area contributed by atoms with Crippen LogP contribution in [0.1, 0.15) is 19.4 Å². The van der Waals surface area contributed by atoms with Crippen LogP contribution < -0.4 is 16.6 Å². The van der Waals surface area contributed by atoms with E-state index >= 15 is 0 Å². The molecular weight excluding hydrogens is 436 g/mol. The number of nitrogens with one attached hydrogen (secondary N) is 1. The van der Waals surface area contributed by atoms with E-state index in [1.54, 1.807) is 7.05 Å². The second kappa shape index (κ2) is 8.96. The largest absolute Gasteiger partial charge is 0.354 e. The summed E-state index contributed by atoms with van der Waals surface area (Å²) in [6.07, 6.45) is 0. The highest BCUT2D eigenvalue weighted by Gasteiger charge is 2.19. The summed E-state index contributed by atoms with van der Waals surface area (Å²) in [5.74, 6) is 0.591. The van der Waals surface area contributed by atoms with E-state index in [9.17, 15) is 9.59 Å². The number of benzene rings is 1. The molecule has 2 aromatic heterocycles. The minimum atomic E-state index is -0.384. The zero-order valence-electron chi connectivity index (χ0n) is 17.3. The van der Waals surface area contributed by atoms with E-state index in [4.69, 9.17) is 0 Å². The Bertz CT molecular complexity index is 1110. The normalized spacial score (nSPS) is 11.5. The lowest BCUT2D eigenvalue weighted by molar-refractivity contribution is 0.315. The first-order chi connectivity index (χ1) is 13.9. The molecule has 0 amide bonds. The van der Waals surface area contributed by atoms with Crippen molar-refractivity contribution in [2.45, 2.75) is 20.4 Å². The van der Waals surface area contributed by atoms with Gasteiger partial charge in [-0.05, 0) is 30.8 Å². The number of anilines is 1. The molecule has 0 aliphatic carbocycles. The van der Waals surface area contributed by atoms with Gasteiger partial charge >= 0.3 is 5.69 Å². The van der Waals surface area contributed by atoms with E-state index in [0.29, 0.717) is 30.2 Å². The summed E-state index contributed by atoms with van der Waals surface area (Å²) in [6.45, 7) is 8.25. The lowest BCUT2D eigenvalue weighted by Crippen LogP contribution is -2.37. The van der Waals surface area contributed by atoms with Crippen LogP contribution in [-0.4, -0.2) is 49.8 Å². The van der Waals surface area contributed by atoms with Gasteiger partial charge in [-0.25, -0.2) is 4.79 Å². The molecule has 0 bridgehead atoms. The summed E-state index contributed by atoms with van der Waals surface area (Å²) >= 11 is 3.45. The second-order valence-corrected chi connectivity index (χ2v) is 7.90. The fourth-order valence-corrected chi connectivity index (χ4v) is 3.64. The Hall–Kier alpha value is -2.39. The SMILES string of the molecule is CCN(CC)CCNc1nc2c(c(=O)n(C)c(=O)n2C)n1Cc1ccc(Br)cc1. The van der Waals surface area contributed by atoms with E-state index < -0.39 is 0 Å². The Kier molecular flexibility index (Phi) is 6.59. The fourth-order valence-electron chi connectivity index (χ4n) is 3.37. The van der Waals surface area contributed by atoms with Gasteiger partial charge in [-0.15, -0.1) is 0 Å².